The molecule has 0 bridgehead atoms. The Balaban J connectivity index is 1.96. The van der Waals surface area contributed by atoms with E-state index in [1.54, 1.807) is 6.07 Å². The number of primary amides is 1. The molecule has 0 spiro atoms. The second-order valence-electron chi connectivity index (χ2n) is 7.31. The summed E-state index contributed by atoms with van der Waals surface area (Å²) >= 11 is 0. The van der Waals surface area contributed by atoms with E-state index in [-0.39, 0.29) is 6.61 Å². The van der Waals surface area contributed by atoms with Crippen LogP contribution in [0.3, 0.4) is 0 Å². The van der Waals surface area contributed by atoms with Gasteiger partial charge in [-0.1, -0.05) is 31.4 Å². The Hall–Kier alpha value is -2.82. The normalized spacial score (nSPS) is 15.3. The first kappa shape index (κ1) is 17.6. The van der Waals surface area contributed by atoms with Gasteiger partial charge in [-0.15, -0.1) is 0 Å². The van der Waals surface area contributed by atoms with E-state index in [4.69, 9.17) is 10.5 Å². The van der Waals surface area contributed by atoms with Crippen LogP contribution >= 0.6 is 0 Å². The minimum atomic E-state index is -0.456. The van der Waals surface area contributed by atoms with Gasteiger partial charge in [0, 0.05) is 17.5 Å². The maximum Gasteiger partial charge on any atom is 0.249 e. The summed E-state index contributed by atoms with van der Waals surface area (Å²) < 4.78 is 7.97. The number of carbonyl (C=O) groups excluding carboxylic acids is 2. The highest BCUT2D eigenvalue weighted by molar-refractivity contribution is 6.19. The molecule has 1 saturated carbocycles. The highest BCUT2D eigenvalue weighted by atomic mass is 16.5. The van der Waals surface area contributed by atoms with Crippen molar-refractivity contribution in [2.24, 2.45) is 11.7 Å². The number of nitrogens with zero attached hydrogens (tertiary/aromatic N) is 1. The molecule has 140 valence electrons. The lowest BCUT2D eigenvalue weighted by molar-refractivity contribution is -0.109. The molecule has 0 aliphatic heterocycles. The van der Waals surface area contributed by atoms with Gasteiger partial charge in [0.2, 0.25) is 5.91 Å². The van der Waals surface area contributed by atoms with Crippen LogP contribution in [0.4, 0.5) is 0 Å². The molecule has 4 rings (SSSR count). The van der Waals surface area contributed by atoms with Gasteiger partial charge in [0.25, 0.3) is 0 Å². The second kappa shape index (κ2) is 7.43. The topological polar surface area (TPSA) is 74.3 Å². The van der Waals surface area contributed by atoms with E-state index in [1.165, 1.54) is 32.1 Å². The van der Waals surface area contributed by atoms with Crippen LogP contribution in [0.5, 0.6) is 5.75 Å². The number of benzene rings is 2. The van der Waals surface area contributed by atoms with Gasteiger partial charge in [-0.25, -0.2) is 0 Å². The van der Waals surface area contributed by atoms with E-state index >= 15 is 0 Å². The zero-order chi connectivity index (χ0) is 18.8. The third-order valence-electron chi connectivity index (χ3n) is 5.62. The number of aromatic nitrogens is 1. The number of nitrogens with two attached hydrogens (primary N) is 1. The van der Waals surface area contributed by atoms with E-state index in [2.05, 4.69) is 10.6 Å². The number of hydrogen-bond acceptors (Lipinski definition) is 3. The quantitative estimate of drug-likeness (QED) is 0.671. The molecule has 2 aromatic carbocycles. The van der Waals surface area contributed by atoms with Crippen molar-refractivity contribution in [2.75, 3.05) is 6.61 Å². The fraction of sp³-hybridized carbons (Fsp3) is 0.364. The fourth-order valence-corrected chi connectivity index (χ4v) is 4.43. The van der Waals surface area contributed by atoms with Crippen LogP contribution < -0.4 is 10.5 Å². The number of amides is 1. The minimum Gasteiger partial charge on any atom is -0.485 e. The lowest BCUT2D eigenvalue weighted by Crippen LogP contribution is -2.14. The molecule has 1 heterocycles. The number of fused-ring (bicyclic) bond motifs is 3. The smallest absolute Gasteiger partial charge is 0.249 e. The number of hydrogen-bond donors (Lipinski definition) is 1. The van der Waals surface area contributed by atoms with Crippen LogP contribution in [0.2, 0.25) is 0 Å². The van der Waals surface area contributed by atoms with Crippen molar-refractivity contribution in [3.05, 3.63) is 42.0 Å². The third kappa shape index (κ3) is 3.18. The fourth-order valence-electron chi connectivity index (χ4n) is 4.43. The first-order valence-corrected chi connectivity index (χ1v) is 9.61. The number of carbonyl (C=O) groups is 2. The first-order chi connectivity index (χ1) is 13.2. The van der Waals surface area contributed by atoms with Gasteiger partial charge in [-0.05, 0) is 43.0 Å². The molecule has 2 N–H and O–H groups in total. The predicted molar refractivity (Wildman–Crippen MR) is 106 cm³/mol. The lowest BCUT2D eigenvalue weighted by atomic mass is 9.89. The maximum atomic E-state index is 12.1. The Labute approximate surface area is 158 Å². The maximum absolute atomic E-state index is 12.1. The van der Waals surface area contributed by atoms with Gasteiger partial charge in [0.05, 0.1) is 16.4 Å². The van der Waals surface area contributed by atoms with Crippen molar-refractivity contribution in [1.29, 1.82) is 0 Å². The molecule has 1 amide bonds. The summed E-state index contributed by atoms with van der Waals surface area (Å²) in [4.78, 5) is 22.9. The Morgan fingerprint density at radius 3 is 2.48 bits per heavy atom. The van der Waals surface area contributed by atoms with Crippen molar-refractivity contribution in [2.45, 2.75) is 38.6 Å². The monoisotopic (exact) mass is 364 g/mol. The van der Waals surface area contributed by atoms with E-state index in [1.807, 2.05) is 24.3 Å². The molecule has 5 nitrogen and oxygen atoms in total. The van der Waals surface area contributed by atoms with Crippen LogP contribution in [0.25, 0.3) is 21.8 Å². The molecule has 27 heavy (non-hydrogen) atoms. The predicted octanol–water partition coefficient (Wildman–Crippen LogP) is 4.05. The summed E-state index contributed by atoms with van der Waals surface area (Å²) in [5.74, 6) is 0.789. The molecular formula is C22H24N2O3. The molecule has 0 unspecified atom stereocenters. The summed E-state index contributed by atoms with van der Waals surface area (Å²) in [6.45, 7) is 0.895. The average Bonchev–Trinajstić information content (AvgIpc) is 3.01. The number of rotatable bonds is 6. The van der Waals surface area contributed by atoms with E-state index in [0.29, 0.717) is 17.2 Å². The number of aldehydes is 1. The van der Waals surface area contributed by atoms with E-state index < -0.39 is 5.91 Å². The van der Waals surface area contributed by atoms with Gasteiger partial charge in [-0.2, -0.15) is 0 Å². The van der Waals surface area contributed by atoms with Gasteiger partial charge < -0.3 is 15.0 Å². The third-order valence-corrected chi connectivity index (χ3v) is 5.62. The minimum absolute atomic E-state index is 0.0207. The zero-order valence-corrected chi connectivity index (χ0v) is 15.3. The molecule has 1 fully saturated rings. The Bertz CT molecular complexity index is 1000. The number of ether oxygens (including phenoxy) is 1. The highest BCUT2D eigenvalue weighted by Gasteiger charge is 2.22. The van der Waals surface area contributed by atoms with Gasteiger partial charge in [0.15, 0.2) is 6.29 Å². The van der Waals surface area contributed by atoms with Crippen LogP contribution in [0.15, 0.2) is 36.4 Å². The Morgan fingerprint density at radius 2 is 1.78 bits per heavy atom. The van der Waals surface area contributed by atoms with Gasteiger partial charge in [0.1, 0.15) is 12.4 Å². The molecule has 1 aliphatic rings. The molecule has 0 atom stereocenters. The van der Waals surface area contributed by atoms with Crippen LogP contribution in [-0.2, 0) is 11.3 Å². The van der Waals surface area contributed by atoms with Crippen molar-refractivity contribution in [1.82, 2.24) is 4.57 Å². The standard InChI is InChI=1S/C22H24N2O3/c23-22(26)16-8-4-9-17-20(16)21-18(10-5-11-19(21)27-13-12-25)24(17)14-15-6-2-1-3-7-15/h4-5,8-12,15H,1-3,6-7,13-14H2,(H2,23,26). The summed E-state index contributed by atoms with van der Waals surface area (Å²) in [5.41, 5.74) is 8.17. The Kier molecular flexibility index (Phi) is 4.84. The molecule has 1 aromatic heterocycles. The molecule has 1 aliphatic carbocycles. The Morgan fingerprint density at radius 1 is 1.07 bits per heavy atom. The van der Waals surface area contributed by atoms with Crippen LogP contribution in [0, 0.1) is 5.92 Å². The van der Waals surface area contributed by atoms with Crippen molar-refractivity contribution in [3.8, 4) is 5.75 Å². The summed E-state index contributed by atoms with van der Waals surface area (Å²) in [6, 6.07) is 11.5. The zero-order valence-electron chi connectivity index (χ0n) is 15.3. The first-order valence-electron chi connectivity index (χ1n) is 9.61. The van der Waals surface area contributed by atoms with Crippen molar-refractivity contribution in [3.63, 3.8) is 0 Å². The van der Waals surface area contributed by atoms with Gasteiger partial charge >= 0.3 is 0 Å². The molecule has 0 radical (unpaired) electrons. The highest BCUT2D eigenvalue weighted by Crippen LogP contribution is 2.39. The summed E-state index contributed by atoms with van der Waals surface area (Å²) in [7, 11) is 0. The van der Waals surface area contributed by atoms with Crippen molar-refractivity contribution >= 4 is 34.0 Å². The average molecular weight is 364 g/mol. The van der Waals surface area contributed by atoms with E-state index in [0.717, 1.165) is 34.6 Å². The summed E-state index contributed by atoms with van der Waals surface area (Å²) in [5, 5.41) is 1.68. The molecule has 0 saturated heterocycles. The molecule has 5 heteroatoms. The summed E-state index contributed by atoms with van der Waals surface area (Å²) in [6.07, 6.45) is 7.08. The largest absolute Gasteiger partial charge is 0.485 e. The SMILES string of the molecule is NC(=O)c1cccc2c1c1c(OCC=O)cccc1n2CC1CCCCC1. The van der Waals surface area contributed by atoms with Gasteiger partial charge in [-0.3, -0.25) is 9.59 Å². The van der Waals surface area contributed by atoms with Crippen LogP contribution in [-0.4, -0.2) is 23.4 Å². The van der Waals surface area contributed by atoms with Crippen LogP contribution in [0.1, 0.15) is 42.5 Å². The van der Waals surface area contributed by atoms with Crippen molar-refractivity contribution < 1.29 is 14.3 Å². The van der Waals surface area contributed by atoms with E-state index in [9.17, 15) is 9.59 Å². The second-order valence-corrected chi connectivity index (χ2v) is 7.31. The molecule has 3 aromatic rings. The molecular weight excluding hydrogens is 340 g/mol. The lowest BCUT2D eigenvalue weighted by Gasteiger charge is -2.23.